The highest BCUT2D eigenvalue weighted by Gasteiger charge is 2.12. The van der Waals surface area contributed by atoms with E-state index in [-0.39, 0.29) is 12.2 Å². The molecule has 0 saturated heterocycles. The van der Waals surface area contributed by atoms with Crippen LogP contribution in [0.15, 0.2) is 61.1 Å². The first-order valence-corrected chi connectivity index (χ1v) is 9.27. The molecule has 2 aromatic carbocycles. The summed E-state index contributed by atoms with van der Waals surface area (Å²) in [5.74, 6) is 0.00724. The topological polar surface area (TPSA) is 78.5 Å². The SMILES string of the molecule is Cn1cc(-c2ccc3nnc(CC(=O)c4ccc5c(cnn5C)c4)cc3c2)cn1. The van der Waals surface area contributed by atoms with Crippen molar-refractivity contribution in [3.8, 4) is 11.1 Å². The molecule has 3 aromatic heterocycles. The minimum atomic E-state index is 0.00724. The van der Waals surface area contributed by atoms with E-state index in [1.54, 1.807) is 15.6 Å². The Kier molecular flexibility index (Phi) is 3.94. The van der Waals surface area contributed by atoms with Crippen molar-refractivity contribution >= 4 is 27.6 Å². The van der Waals surface area contributed by atoms with Crippen molar-refractivity contribution in [3.63, 3.8) is 0 Å². The lowest BCUT2D eigenvalue weighted by molar-refractivity contribution is 0.0992. The number of aromatic nitrogens is 6. The lowest BCUT2D eigenvalue weighted by atomic mass is 10.0. The number of ketones is 1. The highest BCUT2D eigenvalue weighted by molar-refractivity contribution is 6.00. The predicted octanol–water partition coefficient (Wildman–Crippen LogP) is 3.34. The molecule has 0 saturated carbocycles. The number of fused-ring (bicyclic) bond motifs is 2. The molecule has 0 unspecified atom stereocenters. The molecule has 0 bridgehead atoms. The molecular formula is C22H18N6O. The first-order chi connectivity index (χ1) is 14.1. The van der Waals surface area contributed by atoms with E-state index >= 15 is 0 Å². The minimum Gasteiger partial charge on any atom is -0.294 e. The predicted molar refractivity (Wildman–Crippen MR) is 110 cm³/mol. The van der Waals surface area contributed by atoms with Crippen LogP contribution in [0.1, 0.15) is 16.1 Å². The van der Waals surface area contributed by atoms with Gasteiger partial charge in [0.25, 0.3) is 0 Å². The minimum absolute atomic E-state index is 0.00724. The Hall–Kier alpha value is -3.87. The van der Waals surface area contributed by atoms with Gasteiger partial charge in [0.1, 0.15) is 0 Å². The molecule has 0 aliphatic heterocycles. The van der Waals surface area contributed by atoms with Gasteiger partial charge in [0.05, 0.1) is 35.5 Å². The van der Waals surface area contributed by atoms with Crippen LogP contribution in [0.2, 0.25) is 0 Å². The van der Waals surface area contributed by atoms with Gasteiger partial charge in [-0.1, -0.05) is 6.07 Å². The van der Waals surface area contributed by atoms with Gasteiger partial charge in [-0.15, -0.1) is 0 Å². The molecule has 0 aliphatic rings. The number of hydrogen-bond acceptors (Lipinski definition) is 5. The molecule has 0 spiro atoms. The average molecular weight is 382 g/mol. The van der Waals surface area contributed by atoms with Crippen LogP contribution in [0, 0.1) is 0 Å². The summed E-state index contributed by atoms with van der Waals surface area (Å²) in [5, 5.41) is 18.9. The quantitative estimate of drug-likeness (QED) is 0.446. The standard InChI is InChI=1S/C22H18N6O/c1-27-13-18(12-23-27)14-3-5-20-16(7-14)9-19(25-26-20)10-22(29)15-4-6-21-17(8-15)11-24-28(21)2/h3-9,11-13H,10H2,1-2H3. The van der Waals surface area contributed by atoms with Crippen LogP contribution in [0.3, 0.4) is 0 Å². The highest BCUT2D eigenvalue weighted by Crippen LogP contribution is 2.23. The van der Waals surface area contributed by atoms with E-state index in [1.807, 2.05) is 62.9 Å². The van der Waals surface area contributed by atoms with Crippen molar-refractivity contribution in [1.29, 1.82) is 0 Å². The van der Waals surface area contributed by atoms with Crippen LogP contribution in [0.5, 0.6) is 0 Å². The first-order valence-electron chi connectivity index (χ1n) is 9.27. The molecule has 29 heavy (non-hydrogen) atoms. The third-order valence-corrected chi connectivity index (χ3v) is 5.08. The Balaban J connectivity index is 1.45. The van der Waals surface area contributed by atoms with E-state index in [2.05, 4.69) is 26.5 Å². The third kappa shape index (κ3) is 3.16. The van der Waals surface area contributed by atoms with Crippen molar-refractivity contribution in [1.82, 2.24) is 29.8 Å². The summed E-state index contributed by atoms with van der Waals surface area (Å²) in [6.07, 6.45) is 5.76. The fraction of sp³-hybridized carbons (Fsp3) is 0.136. The van der Waals surface area contributed by atoms with E-state index < -0.39 is 0 Å². The van der Waals surface area contributed by atoms with Gasteiger partial charge in [0.15, 0.2) is 5.78 Å². The Morgan fingerprint density at radius 1 is 0.897 bits per heavy atom. The van der Waals surface area contributed by atoms with Crippen LogP contribution in [-0.2, 0) is 20.5 Å². The second-order valence-corrected chi connectivity index (χ2v) is 7.15. The van der Waals surface area contributed by atoms with E-state index in [0.717, 1.165) is 32.9 Å². The molecule has 0 atom stereocenters. The number of hydrogen-bond donors (Lipinski definition) is 0. The molecule has 5 aromatic rings. The summed E-state index contributed by atoms with van der Waals surface area (Å²) < 4.78 is 3.56. The molecule has 7 nitrogen and oxygen atoms in total. The molecule has 0 N–H and O–H groups in total. The van der Waals surface area contributed by atoms with Crippen LogP contribution >= 0.6 is 0 Å². The monoisotopic (exact) mass is 382 g/mol. The summed E-state index contributed by atoms with van der Waals surface area (Å²) >= 11 is 0. The van der Waals surface area contributed by atoms with Gasteiger partial charge in [-0.25, -0.2) is 0 Å². The second-order valence-electron chi connectivity index (χ2n) is 7.15. The molecule has 0 radical (unpaired) electrons. The van der Waals surface area contributed by atoms with Gasteiger partial charge in [0, 0.05) is 42.2 Å². The van der Waals surface area contributed by atoms with Gasteiger partial charge in [-0.2, -0.15) is 20.4 Å². The second kappa shape index (κ2) is 6.63. The lowest BCUT2D eigenvalue weighted by Gasteiger charge is -2.05. The smallest absolute Gasteiger partial charge is 0.168 e. The van der Waals surface area contributed by atoms with Crippen LogP contribution in [0.4, 0.5) is 0 Å². The van der Waals surface area contributed by atoms with Crippen LogP contribution in [-0.4, -0.2) is 35.5 Å². The van der Waals surface area contributed by atoms with Crippen LogP contribution < -0.4 is 0 Å². The molecule has 7 heteroatoms. The number of benzene rings is 2. The van der Waals surface area contributed by atoms with Crippen LogP contribution in [0.25, 0.3) is 32.9 Å². The van der Waals surface area contributed by atoms with E-state index in [4.69, 9.17) is 0 Å². The molecule has 142 valence electrons. The normalized spacial score (nSPS) is 11.4. The summed E-state index contributed by atoms with van der Waals surface area (Å²) in [5.41, 5.74) is 5.18. The molecule has 0 aliphatic carbocycles. The van der Waals surface area contributed by atoms with E-state index in [1.165, 1.54) is 0 Å². The Bertz CT molecular complexity index is 1380. The molecule has 0 amide bonds. The van der Waals surface area contributed by atoms with Crippen molar-refractivity contribution in [3.05, 3.63) is 72.3 Å². The van der Waals surface area contributed by atoms with Crippen molar-refractivity contribution < 1.29 is 4.79 Å². The summed E-state index contributed by atoms with van der Waals surface area (Å²) in [7, 11) is 3.77. The average Bonchev–Trinajstić information content (AvgIpc) is 3.33. The maximum atomic E-state index is 12.8. The molecule has 3 heterocycles. The highest BCUT2D eigenvalue weighted by atomic mass is 16.1. The number of Topliss-reactive ketones (excluding diaryl/α,β-unsaturated/α-hetero) is 1. The van der Waals surface area contributed by atoms with Gasteiger partial charge in [0.2, 0.25) is 0 Å². The lowest BCUT2D eigenvalue weighted by Crippen LogP contribution is -2.06. The Labute approximate surface area is 166 Å². The fourth-order valence-electron chi connectivity index (χ4n) is 3.53. The fourth-order valence-corrected chi connectivity index (χ4v) is 3.53. The van der Waals surface area contributed by atoms with Gasteiger partial charge in [-0.3, -0.25) is 14.2 Å². The molecule has 5 rings (SSSR count). The summed E-state index contributed by atoms with van der Waals surface area (Å²) in [4.78, 5) is 12.8. The van der Waals surface area contributed by atoms with Gasteiger partial charge in [-0.05, 0) is 42.0 Å². The Morgan fingerprint density at radius 2 is 1.79 bits per heavy atom. The summed E-state index contributed by atoms with van der Waals surface area (Å²) in [6, 6.07) is 13.6. The summed E-state index contributed by atoms with van der Waals surface area (Å²) in [6.45, 7) is 0. The zero-order chi connectivity index (χ0) is 20.0. The number of aryl methyl sites for hydroxylation is 2. The maximum absolute atomic E-state index is 12.8. The van der Waals surface area contributed by atoms with Crippen molar-refractivity contribution in [2.45, 2.75) is 6.42 Å². The first kappa shape index (κ1) is 17.2. The van der Waals surface area contributed by atoms with E-state index in [0.29, 0.717) is 11.3 Å². The van der Waals surface area contributed by atoms with Gasteiger partial charge < -0.3 is 0 Å². The zero-order valence-corrected chi connectivity index (χ0v) is 16.1. The molecule has 0 fully saturated rings. The number of carbonyl (C=O) groups excluding carboxylic acids is 1. The number of nitrogens with zero attached hydrogens (tertiary/aromatic N) is 6. The maximum Gasteiger partial charge on any atom is 0.168 e. The number of carbonyl (C=O) groups is 1. The number of rotatable bonds is 4. The van der Waals surface area contributed by atoms with Crippen molar-refractivity contribution in [2.75, 3.05) is 0 Å². The Morgan fingerprint density at radius 3 is 2.62 bits per heavy atom. The van der Waals surface area contributed by atoms with Gasteiger partial charge >= 0.3 is 0 Å². The van der Waals surface area contributed by atoms with E-state index in [9.17, 15) is 4.79 Å². The third-order valence-electron chi connectivity index (χ3n) is 5.08. The zero-order valence-electron chi connectivity index (χ0n) is 16.1. The van der Waals surface area contributed by atoms with Crippen molar-refractivity contribution in [2.24, 2.45) is 14.1 Å². The largest absolute Gasteiger partial charge is 0.294 e. The molecular weight excluding hydrogens is 364 g/mol.